The van der Waals surface area contributed by atoms with Crippen molar-refractivity contribution in [2.45, 2.75) is 51.5 Å². The van der Waals surface area contributed by atoms with Crippen LogP contribution in [-0.4, -0.2) is 62.6 Å². The molecule has 2 aromatic carbocycles. The Kier molecular flexibility index (Phi) is 9.52. The number of halogens is 7. The quantitative estimate of drug-likeness (QED) is 0.257. The van der Waals surface area contributed by atoms with Crippen molar-refractivity contribution in [3.8, 4) is 11.1 Å². The molecule has 0 saturated carbocycles. The average molecular weight is 691 g/mol. The van der Waals surface area contributed by atoms with Crippen LogP contribution in [0.2, 0.25) is 5.02 Å². The molecule has 1 aliphatic rings. The Morgan fingerprint density at radius 1 is 0.957 bits per heavy atom. The van der Waals surface area contributed by atoms with E-state index in [1.165, 1.54) is 31.4 Å². The van der Waals surface area contributed by atoms with Gasteiger partial charge in [-0.15, -0.1) is 0 Å². The van der Waals surface area contributed by atoms with Crippen LogP contribution in [0.5, 0.6) is 0 Å². The molecule has 1 amide bonds. The van der Waals surface area contributed by atoms with Crippen molar-refractivity contribution in [2.75, 3.05) is 42.7 Å². The zero-order valence-electron chi connectivity index (χ0n) is 25.9. The van der Waals surface area contributed by atoms with E-state index in [1.807, 2.05) is 4.90 Å². The summed E-state index contributed by atoms with van der Waals surface area (Å²) in [6.07, 6.45) is -7.62. The van der Waals surface area contributed by atoms with Crippen LogP contribution >= 0.6 is 11.6 Å². The summed E-state index contributed by atoms with van der Waals surface area (Å²) in [5.41, 5.74) is -3.36. The Morgan fingerprint density at radius 3 is 2.04 bits per heavy atom. The second-order valence-corrected chi connectivity index (χ2v) is 14.3. The van der Waals surface area contributed by atoms with E-state index in [4.69, 9.17) is 11.6 Å². The molecular formula is C31H33ClF6N4O3S. The smallest absolute Gasteiger partial charge is 0.354 e. The highest BCUT2D eigenvalue weighted by Crippen LogP contribution is 2.42. The first-order chi connectivity index (χ1) is 21.0. The first kappa shape index (κ1) is 35.5. The molecule has 3 aromatic rings. The van der Waals surface area contributed by atoms with Gasteiger partial charge in [0.25, 0.3) is 0 Å². The lowest BCUT2D eigenvalue weighted by molar-refractivity contribution is -0.143. The van der Waals surface area contributed by atoms with Gasteiger partial charge in [-0.2, -0.15) is 30.6 Å². The standard InChI is InChI=1S/C31H33ClF6N4O3S/c1-18-17-41(10-11-42(18)46(6,44)45)27-15-24(23-8-7-9-25(32)19(23)2)26(16-39-27)40(5)28(43)29(3,4)20-12-21(30(33,34)35)14-22(13-20)31(36,37)38/h7-9,12-16,18H,10-11,17H2,1-6H3/t18-/m1/s1. The molecule has 0 spiro atoms. The van der Waals surface area contributed by atoms with E-state index < -0.39 is 50.4 Å². The maximum absolute atomic E-state index is 14.0. The number of pyridine rings is 1. The molecule has 2 heterocycles. The van der Waals surface area contributed by atoms with Gasteiger partial charge in [0.1, 0.15) is 5.82 Å². The predicted octanol–water partition coefficient (Wildman–Crippen LogP) is 7.16. The predicted molar refractivity (Wildman–Crippen MR) is 166 cm³/mol. The largest absolute Gasteiger partial charge is 0.416 e. The minimum Gasteiger partial charge on any atom is -0.354 e. The molecule has 1 aliphatic heterocycles. The number of amides is 1. The summed E-state index contributed by atoms with van der Waals surface area (Å²) in [4.78, 5) is 21.6. The summed E-state index contributed by atoms with van der Waals surface area (Å²) in [5, 5.41) is 0.426. The van der Waals surface area contributed by atoms with Gasteiger partial charge in [-0.3, -0.25) is 4.79 Å². The van der Waals surface area contributed by atoms with Crippen molar-refractivity contribution in [1.29, 1.82) is 0 Å². The van der Waals surface area contributed by atoms with Gasteiger partial charge in [-0.1, -0.05) is 23.7 Å². The zero-order valence-corrected chi connectivity index (χ0v) is 27.5. The normalized spacial score (nSPS) is 16.9. The summed E-state index contributed by atoms with van der Waals surface area (Å²) in [6.45, 7) is 6.94. The summed E-state index contributed by atoms with van der Waals surface area (Å²) >= 11 is 6.43. The number of nitrogens with zero attached hydrogens (tertiary/aromatic N) is 4. The van der Waals surface area contributed by atoms with Gasteiger partial charge in [0, 0.05) is 43.3 Å². The molecule has 15 heteroatoms. The molecule has 1 atom stereocenters. The van der Waals surface area contributed by atoms with Gasteiger partial charge in [0.2, 0.25) is 15.9 Å². The Hall–Kier alpha value is -3.36. The fourth-order valence-corrected chi connectivity index (χ4v) is 6.91. The summed E-state index contributed by atoms with van der Waals surface area (Å²) in [5.74, 6) is -0.309. The molecular weight excluding hydrogens is 658 g/mol. The topological polar surface area (TPSA) is 73.8 Å². The lowest BCUT2D eigenvalue weighted by Crippen LogP contribution is -2.53. The highest BCUT2D eigenvalue weighted by atomic mass is 35.5. The number of piperazine rings is 1. The van der Waals surface area contributed by atoms with Gasteiger partial charge >= 0.3 is 12.4 Å². The fraction of sp³-hybridized carbons (Fsp3) is 0.419. The van der Waals surface area contributed by atoms with Crippen LogP contribution in [0, 0.1) is 6.92 Å². The van der Waals surface area contributed by atoms with Gasteiger partial charge in [-0.05, 0) is 74.7 Å². The Balaban J connectivity index is 1.81. The number of carbonyl (C=O) groups is 1. The summed E-state index contributed by atoms with van der Waals surface area (Å²) in [6, 6.07) is 7.63. The number of hydrogen-bond donors (Lipinski definition) is 0. The molecule has 0 N–H and O–H groups in total. The van der Waals surface area contributed by atoms with Gasteiger partial charge in [0.15, 0.2) is 0 Å². The lowest BCUT2D eigenvalue weighted by Gasteiger charge is -2.39. The van der Waals surface area contributed by atoms with E-state index in [0.29, 0.717) is 52.8 Å². The molecule has 0 bridgehead atoms. The van der Waals surface area contributed by atoms with Gasteiger partial charge in [-0.25, -0.2) is 13.4 Å². The molecule has 0 radical (unpaired) electrons. The summed E-state index contributed by atoms with van der Waals surface area (Å²) < 4.78 is 108. The number of likely N-dealkylation sites (N-methyl/N-ethyl adjacent to an activating group) is 1. The third kappa shape index (κ3) is 7.13. The molecule has 1 saturated heterocycles. The second kappa shape index (κ2) is 12.3. The molecule has 7 nitrogen and oxygen atoms in total. The maximum atomic E-state index is 14.0. The molecule has 46 heavy (non-hydrogen) atoms. The van der Waals surface area contributed by atoms with Crippen LogP contribution in [0.25, 0.3) is 11.1 Å². The summed E-state index contributed by atoms with van der Waals surface area (Å²) in [7, 11) is -2.06. The van der Waals surface area contributed by atoms with Crippen molar-refractivity contribution in [3.63, 3.8) is 0 Å². The number of aromatic nitrogens is 1. The molecule has 250 valence electrons. The molecule has 0 unspecified atom stereocenters. The molecule has 4 rings (SSSR count). The highest BCUT2D eigenvalue weighted by molar-refractivity contribution is 7.88. The van der Waals surface area contributed by atoms with Crippen LogP contribution in [0.15, 0.2) is 48.7 Å². The van der Waals surface area contributed by atoms with Crippen LogP contribution in [0.1, 0.15) is 43.0 Å². The number of carbonyl (C=O) groups excluding carboxylic acids is 1. The molecule has 1 aromatic heterocycles. The van der Waals surface area contributed by atoms with E-state index in [-0.39, 0.29) is 24.3 Å². The third-order valence-corrected chi connectivity index (χ3v) is 10.1. The van der Waals surface area contributed by atoms with Crippen molar-refractivity contribution in [2.24, 2.45) is 0 Å². The van der Waals surface area contributed by atoms with E-state index in [0.717, 1.165) is 11.2 Å². The van der Waals surface area contributed by atoms with Crippen molar-refractivity contribution in [1.82, 2.24) is 9.29 Å². The van der Waals surface area contributed by atoms with Crippen molar-refractivity contribution < 1.29 is 39.6 Å². The first-order valence-electron chi connectivity index (χ1n) is 14.1. The van der Waals surface area contributed by atoms with Crippen LogP contribution < -0.4 is 9.80 Å². The van der Waals surface area contributed by atoms with Crippen LogP contribution in [-0.2, 0) is 32.6 Å². The minimum absolute atomic E-state index is 0.0209. The maximum Gasteiger partial charge on any atom is 0.416 e. The van der Waals surface area contributed by atoms with E-state index >= 15 is 0 Å². The van der Waals surface area contributed by atoms with E-state index in [2.05, 4.69) is 4.98 Å². The monoisotopic (exact) mass is 690 g/mol. The molecule has 0 aliphatic carbocycles. The molecule has 1 fully saturated rings. The van der Waals surface area contributed by atoms with Crippen LogP contribution in [0.4, 0.5) is 37.8 Å². The van der Waals surface area contributed by atoms with Crippen molar-refractivity contribution >= 4 is 39.0 Å². The Labute approximate surface area is 268 Å². The first-order valence-corrected chi connectivity index (χ1v) is 16.3. The van der Waals surface area contributed by atoms with E-state index in [9.17, 15) is 39.6 Å². The fourth-order valence-electron chi connectivity index (χ4n) is 5.60. The SMILES string of the molecule is Cc1c(Cl)cccc1-c1cc(N2CCN(S(C)(=O)=O)[C@H](C)C2)ncc1N(C)C(=O)C(C)(C)c1cc(C(F)(F)F)cc(C(F)(F)F)c1. The van der Waals surface area contributed by atoms with Gasteiger partial charge in [0.05, 0.1) is 34.7 Å². The number of alkyl halides is 6. The number of hydrogen-bond acceptors (Lipinski definition) is 5. The average Bonchev–Trinajstić information content (AvgIpc) is 2.95. The van der Waals surface area contributed by atoms with Gasteiger partial charge < -0.3 is 9.80 Å². The lowest BCUT2D eigenvalue weighted by atomic mass is 9.81. The number of sulfonamides is 1. The number of anilines is 2. The highest BCUT2D eigenvalue weighted by Gasteiger charge is 2.41. The number of benzene rings is 2. The third-order valence-electron chi connectivity index (χ3n) is 8.25. The van der Waals surface area contributed by atoms with Crippen LogP contribution in [0.3, 0.4) is 0 Å². The Morgan fingerprint density at radius 2 is 1.52 bits per heavy atom. The zero-order chi connectivity index (χ0) is 34.6. The number of rotatable bonds is 6. The second-order valence-electron chi connectivity index (χ2n) is 11.9. The Bertz CT molecular complexity index is 1730. The van der Waals surface area contributed by atoms with E-state index in [1.54, 1.807) is 38.1 Å². The van der Waals surface area contributed by atoms with Crippen molar-refractivity contribution in [3.05, 3.63) is 75.9 Å². The minimum atomic E-state index is -5.08.